The number of nitrogens with zero attached hydrogens (tertiary/aromatic N) is 2. The summed E-state index contributed by atoms with van der Waals surface area (Å²) in [5.41, 5.74) is 0.0240. The van der Waals surface area contributed by atoms with Gasteiger partial charge < -0.3 is 15.3 Å². The van der Waals surface area contributed by atoms with Crippen LogP contribution in [0.1, 0.15) is 30.7 Å². The Morgan fingerprint density at radius 3 is 3.05 bits per heavy atom. The lowest BCUT2D eigenvalue weighted by Crippen LogP contribution is -2.45. The molecule has 1 amide bonds. The molecule has 21 heavy (non-hydrogen) atoms. The van der Waals surface area contributed by atoms with Crippen LogP contribution in [0.25, 0.3) is 0 Å². The number of rotatable bonds is 3. The van der Waals surface area contributed by atoms with Crippen LogP contribution in [0.2, 0.25) is 0 Å². The molecule has 2 N–H and O–H groups in total. The van der Waals surface area contributed by atoms with Crippen molar-refractivity contribution in [3.8, 4) is 0 Å². The van der Waals surface area contributed by atoms with Crippen molar-refractivity contribution in [3.63, 3.8) is 0 Å². The molecule has 1 aromatic heterocycles. The van der Waals surface area contributed by atoms with Crippen molar-refractivity contribution in [2.75, 3.05) is 18.0 Å². The van der Waals surface area contributed by atoms with Crippen molar-refractivity contribution >= 4 is 27.9 Å². The zero-order valence-electron chi connectivity index (χ0n) is 11.6. The highest BCUT2D eigenvalue weighted by molar-refractivity contribution is 7.16. The molecule has 2 aliphatic heterocycles. The molecule has 0 saturated carbocycles. The molecule has 2 unspecified atom stereocenters. The normalized spacial score (nSPS) is 26.4. The van der Waals surface area contributed by atoms with Crippen molar-refractivity contribution in [1.29, 1.82) is 0 Å². The number of nitro groups is 1. The molecule has 0 aromatic carbocycles. The van der Waals surface area contributed by atoms with E-state index in [0.29, 0.717) is 23.0 Å². The summed E-state index contributed by atoms with van der Waals surface area (Å²) >= 11 is 1.25. The minimum Gasteiger partial charge on any atom is -0.388 e. The SMILES string of the molecule is C[C@@H](O)c1cc([N+](=O)[O-])c(N2CCCC3C(=O)NCC32)s1. The van der Waals surface area contributed by atoms with Gasteiger partial charge in [0.1, 0.15) is 0 Å². The molecule has 0 spiro atoms. The lowest BCUT2D eigenvalue weighted by atomic mass is 9.91. The topological polar surface area (TPSA) is 95.7 Å². The lowest BCUT2D eigenvalue weighted by molar-refractivity contribution is -0.383. The summed E-state index contributed by atoms with van der Waals surface area (Å²) in [7, 11) is 0. The summed E-state index contributed by atoms with van der Waals surface area (Å²) < 4.78 is 0. The molecular formula is C13H17N3O4S. The molecule has 3 atom stereocenters. The van der Waals surface area contributed by atoms with Crippen LogP contribution in [0, 0.1) is 16.0 Å². The van der Waals surface area contributed by atoms with E-state index in [0.717, 1.165) is 12.8 Å². The van der Waals surface area contributed by atoms with Crippen molar-refractivity contribution in [3.05, 3.63) is 21.1 Å². The molecule has 2 aliphatic rings. The summed E-state index contributed by atoms with van der Waals surface area (Å²) in [5.74, 6) is -0.0462. The Morgan fingerprint density at radius 1 is 1.62 bits per heavy atom. The third kappa shape index (κ3) is 2.38. The Labute approximate surface area is 125 Å². The zero-order valence-corrected chi connectivity index (χ0v) is 12.4. The van der Waals surface area contributed by atoms with Crippen LogP contribution in [-0.4, -0.2) is 35.1 Å². The molecule has 0 aliphatic carbocycles. The number of nitrogens with one attached hydrogen (secondary N) is 1. The number of anilines is 1. The minimum absolute atomic E-state index is 0.0227. The van der Waals surface area contributed by atoms with E-state index in [9.17, 15) is 20.0 Å². The van der Waals surface area contributed by atoms with Gasteiger partial charge in [-0.1, -0.05) is 0 Å². The number of thiophene rings is 1. The van der Waals surface area contributed by atoms with Gasteiger partial charge in [-0.2, -0.15) is 0 Å². The molecule has 0 radical (unpaired) electrons. The Kier molecular flexibility index (Phi) is 3.58. The number of carbonyl (C=O) groups is 1. The number of carbonyl (C=O) groups excluding carboxylic acids is 1. The number of aliphatic hydroxyl groups is 1. The van der Waals surface area contributed by atoms with Crippen molar-refractivity contribution in [1.82, 2.24) is 5.32 Å². The first-order chi connectivity index (χ1) is 9.99. The Balaban J connectivity index is 1.99. The van der Waals surface area contributed by atoms with E-state index in [1.54, 1.807) is 6.92 Å². The summed E-state index contributed by atoms with van der Waals surface area (Å²) in [5, 5.41) is 24.4. The number of piperidine rings is 1. The first kappa shape index (κ1) is 14.3. The average Bonchev–Trinajstić information content (AvgIpc) is 3.03. The van der Waals surface area contributed by atoms with E-state index in [4.69, 9.17) is 0 Å². The number of amides is 1. The molecule has 2 saturated heterocycles. The van der Waals surface area contributed by atoms with Gasteiger partial charge >= 0.3 is 5.69 Å². The maximum absolute atomic E-state index is 11.8. The van der Waals surface area contributed by atoms with E-state index in [2.05, 4.69) is 5.32 Å². The predicted molar refractivity (Wildman–Crippen MR) is 78.5 cm³/mol. The number of hydrogen-bond acceptors (Lipinski definition) is 6. The van der Waals surface area contributed by atoms with E-state index < -0.39 is 11.0 Å². The van der Waals surface area contributed by atoms with E-state index in [-0.39, 0.29) is 23.6 Å². The number of aliphatic hydroxyl groups excluding tert-OH is 1. The maximum atomic E-state index is 11.8. The van der Waals surface area contributed by atoms with Gasteiger partial charge in [-0.15, -0.1) is 11.3 Å². The Morgan fingerprint density at radius 2 is 2.38 bits per heavy atom. The molecule has 7 nitrogen and oxygen atoms in total. The zero-order chi connectivity index (χ0) is 15.1. The number of fused-ring (bicyclic) bond motifs is 1. The van der Waals surface area contributed by atoms with Gasteiger partial charge in [-0.05, 0) is 19.8 Å². The summed E-state index contributed by atoms with van der Waals surface area (Å²) in [4.78, 5) is 25.2. The van der Waals surface area contributed by atoms with E-state index in [1.165, 1.54) is 17.4 Å². The molecule has 3 heterocycles. The lowest BCUT2D eigenvalue weighted by Gasteiger charge is -2.36. The Bertz CT molecular complexity index is 586. The van der Waals surface area contributed by atoms with Gasteiger partial charge in [0.2, 0.25) is 5.91 Å². The Hall–Kier alpha value is -1.67. The first-order valence-corrected chi connectivity index (χ1v) is 7.81. The van der Waals surface area contributed by atoms with Crippen LogP contribution in [0.3, 0.4) is 0 Å². The smallest absolute Gasteiger partial charge is 0.304 e. The highest BCUT2D eigenvalue weighted by atomic mass is 32.1. The van der Waals surface area contributed by atoms with Crippen LogP contribution >= 0.6 is 11.3 Å². The molecule has 8 heteroatoms. The van der Waals surface area contributed by atoms with Gasteiger partial charge in [-0.3, -0.25) is 14.9 Å². The minimum atomic E-state index is -0.730. The van der Waals surface area contributed by atoms with Crippen molar-refractivity contribution in [2.45, 2.75) is 31.9 Å². The highest BCUT2D eigenvalue weighted by Crippen LogP contribution is 2.43. The van der Waals surface area contributed by atoms with E-state index in [1.807, 2.05) is 4.90 Å². The second kappa shape index (κ2) is 5.27. The van der Waals surface area contributed by atoms with E-state index >= 15 is 0 Å². The molecule has 0 bridgehead atoms. The fraction of sp³-hybridized carbons (Fsp3) is 0.615. The summed E-state index contributed by atoms with van der Waals surface area (Å²) in [6.45, 7) is 2.83. The molecule has 1 aromatic rings. The standard InChI is InChI=1S/C13H17N3O4S/c1-7(17)11-5-9(16(19)20)13(21-11)15-4-2-3-8-10(15)6-14-12(8)18/h5,7-8,10,17H,2-4,6H2,1H3,(H,14,18)/t7-,8?,10?/m1/s1. The first-order valence-electron chi connectivity index (χ1n) is 6.99. The predicted octanol–water partition coefficient (Wildman–Crippen LogP) is 1.42. The third-order valence-corrected chi connectivity index (χ3v) is 5.51. The fourth-order valence-corrected chi connectivity index (χ4v) is 4.28. The second-order valence-corrected chi connectivity index (χ2v) is 6.59. The van der Waals surface area contributed by atoms with Crippen LogP contribution < -0.4 is 10.2 Å². The van der Waals surface area contributed by atoms with Crippen LogP contribution in [0.5, 0.6) is 0 Å². The quantitative estimate of drug-likeness (QED) is 0.650. The molecule has 3 rings (SSSR count). The van der Waals surface area contributed by atoms with Gasteiger partial charge in [0, 0.05) is 24.0 Å². The molecule has 2 fully saturated rings. The summed E-state index contributed by atoms with van der Waals surface area (Å²) in [6, 6.07) is 1.42. The van der Waals surface area contributed by atoms with Crippen LogP contribution in [0.4, 0.5) is 10.7 Å². The van der Waals surface area contributed by atoms with Gasteiger partial charge in [0.05, 0.1) is 23.0 Å². The van der Waals surface area contributed by atoms with Crippen LogP contribution in [0.15, 0.2) is 6.07 Å². The molecule has 114 valence electrons. The summed E-state index contributed by atoms with van der Waals surface area (Å²) in [6.07, 6.45) is 0.940. The van der Waals surface area contributed by atoms with Crippen molar-refractivity contribution < 1.29 is 14.8 Å². The number of hydrogen-bond donors (Lipinski definition) is 2. The largest absolute Gasteiger partial charge is 0.388 e. The fourth-order valence-electron chi connectivity index (χ4n) is 3.14. The van der Waals surface area contributed by atoms with Crippen LogP contribution in [-0.2, 0) is 4.79 Å². The van der Waals surface area contributed by atoms with Crippen molar-refractivity contribution in [2.24, 2.45) is 5.92 Å². The maximum Gasteiger partial charge on any atom is 0.304 e. The van der Waals surface area contributed by atoms with Gasteiger partial charge in [0.25, 0.3) is 0 Å². The molecular weight excluding hydrogens is 294 g/mol. The monoisotopic (exact) mass is 311 g/mol. The third-order valence-electron chi connectivity index (χ3n) is 4.18. The highest BCUT2D eigenvalue weighted by Gasteiger charge is 2.43. The van der Waals surface area contributed by atoms with Gasteiger partial charge in [-0.25, -0.2) is 0 Å². The average molecular weight is 311 g/mol. The second-order valence-electron chi connectivity index (χ2n) is 5.53. The van der Waals surface area contributed by atoms with Gasteiger partial charge in [0.15, 0.2) is 5.00 Å².